The van der Waals surface area contributed by atoms with Crippen LogP contribution in [0.3, 0.4) is 0 Å². The summed E-state index contributed by atoms with van der Waals surface area (Å²) in [5.41, 5.74) is 2.02. The highest BCUT2D eigenvalue weighted by Gasteiger charge is 2.26. The van der Waals surface area contributed by atoms with E-state index in [0.717, 1.165) is 0 Å². The highest BCUT2D eigenvalue weighted by Crippen LogP contribution is 2.21. The van der Waals surface area contributed by atoms with E-state index in [0.29, 0.717) is 5.56 Å². The zero-order chi connectivity index (χ0) is 27.4. The van der Waals surface area contributed by atoms with Gasteiger partial charge in [0.1, 0.15) is 16.7 Å². The van der Waals surface area contributed by atoms with Crippen molar-refractivity contribution in [2.75, 3.05) is 19.6 Å². The van der Waals surface area contributed by atoms with Crippen molar-refractivity contribution in [3.63, 3.8) is 0 Å². The van der Waals surface area contributed by atoms with E-state index in [4.69, 9.17) is 0 Å². The number of hydrogen-bond acceptors (Lipinski definition) is 3. The van der Waals surface area contributed by atoms with E-state index in [9.17, 15) is 13.0 Å². The number of benzene rings is 2. The highest BCUT2D eigenvalue weighted by molar-refractivity contribution is 7.85. The minimum absolute atomic E-state index is 0.139. The molecule has 0 aliphatic heterocycles. The molecule has 4 nitrogen and oxygen atoms in total. The fraction of sp³-hybridized carbons (Fsp3) is 0.625. The number of hydrogen-bond donors (Lipinski definition) is 0. The van der Waals surface area contributed by atoms with Crippen molar-refractivity contribution in [2.45, 2.75) is 116 Å². The SMILES string of the molecule is CCCCCC[N+](CCCCCC)(CCCCCC)Cc1ccccc1.Cc1ccccc1S(=O)(=O)[O-]. The van der Waals surface area contributed by atoms with Gasteiger partial charge in [0.05, 0.1) is 24.5 Å². The van der Waals surface area contributed by atoms with Gasteiger partial charge in [-0.25, -0.2) is 8.42 Å². The summed E-state index contributed by atoms with van der Waals surface area (Å²) in [5, 5.41) is 0. The molecule has 210 valence electrons. The van der Waals surface area contributed by atoms with Crippen LogP contribution in [0.1, 0.15) is 109 Å². The summed E-state index contributed by atoms with van der Waals surface area (Å²) in [7, 11) is -4.28. The van der Waals surface area contributed by atoms with E-state index in [2.05, 4.69) is 51.1 Å². The molecular weight excluding hydrogens is 478 g/mol. The maximum Gasteiger partial charge on any atom is 0.124 e. The molecule has 2 rings (SSSR count). The van der Waals surface area contributed by atoms with Gasteiger partial charge in [-0.3, -0.25) is 0 Å². The van der Waals surface area contributed by atoms with Crippen molar-refractivity contribution in [1.82, 2.24) is 0 Å². The summed E-state index contributed by atoms with van der Waals surface area (Å²) in [4.78, 5) is -0.139. The van der Waals surface area contributed by atoms with Crippen molar-refractivity contribution in [1.29, 1.82) is 0 Å². The fourth-order valence-electron chi connectivity index (χ4n) is 5.00. The van der Waals surface area contributed by atoms with Crippen LogP contribution >= 0.6 is 0 Å². The van der Waals surface area contributed by atoms with Gasteiger partial charge in [0.25, 0.3) is 0 Å². The summed E-state index contributed by atoms with van der Waals surface area (Å²) >= 11 is 0. The van der Waals surface area contributed by atoms with Crippen molar-refractivity contribution in [3.8, 4) is 0 Å². The van der Waals surface area contributed by atoms with Crippen LogP contribution < -0.4 is 0 Å². The Morgan fingerprint density at radius 1 is 0.622 bits per heavy atom. The Bertz CT molecular complexity index is 897. The van der Waals surface area contributed by atoms with Crippen LogP contribution in [0.15, 0.2) is 59.5 Å². The van der Waals surface area contributed by atoms with Crippen LogP contribution in [0.5, 0.6) is 0 Å². The molecular formula is C32H53NO3S. The monoisotopic (exact) mass is 531 g/mol. The molecule has 2 aromatic carbocycles. The molecule has 0 saturated heterocycles. The molecule has 5 heteroatoms. The standard InChI is InChI=1S/C25H46N.C7H8O3S/c1-4-7-10-16-21-26(22-17-11-8-5-2,23-18-12-9-6-3)24-25-19-14-13-15-20-25;1-6-4-2-3-5-7(6)11(8,9)10/h13-15,19-20H,4-12,16-18,21-24H2,1-3H3;2-5H,1H3,(H,8,9,10)/q+1;/p-1. The van der Waals surface area contributed by atoms with Gasteiger partial charge in [0, 0.05) is 5.56 Å². The molecule has 0 heterocycles. The number of aryl methyl sites for hydroxylation is 1. The Morgan fingerprint density at radius 3 is 1.43 bits per heavy atom. The third-order valence-corrected chi connectivity index (χ3v) is 8.18. The lowest BCUT2D eigenvalue weighted by Gasteiger charge is -2.39. The second-order valence-corrected chi connectivity index (χ2v) is 11.9. The lowest BCUT2D eigenvalue weighted by Crippen LogP contribution is -2.49. The molecule has 0 aliphatic carbocycles. The Morgan fingerprint density at radius 2 is 1.05 bits per heavy atom. The number of quaternary nitrogens is 1. The Hall–Kier alpha value is -1.69. The first kappa shape index (κ1) is 33.3. The van der Waals surface area contributed by atoms with Gasteiger partial charge in [-0.2, -0.15) is 0 Å². The van der Waals surface area contributed by atoms with Crippen molar-refractivity contribution in [2.24, 2.45) is 0 Å². The lowest BCUT2D eigenvalue weighted by molar-refractivity contribution is -0.941. The Kier molecular flexibility index (Phi) is 17.5. The summed E-state index contributed by atoms with van der Waals surface area (Å²) < 4.78 is 32.8. The Balaban J connectivity index is 0.000000516. The third kappa shape index (κ3) is 14.7. The van der Waals surface area contributed by atoms with Gasteiger partial charge in [-0.1, -0.05) is 108 Å². The largest absolute Gasteiger partial charge is 0.744 e. The summed E-state index contributed by atoms with van der Waals surface area (Å²) in [6.45, 7) is 13.9. The van der Waals surface area contributed by atoms with Gasteiger partial charge < -0.3 is 9.04 Å². The molecule has 0 saturated carbocycles. The van der Waals surface area contributed by atoms with Gasteiger partial charge in [0.2, 0.25) is 0 Å². The lowest BCUT2D eigenvalue weighted by atomic mass is 10.1. The zero-order valence-corrected chi connectivity index (χ0v) is 24.9. The predicted octanol–water partition coefficient (Wildman–Crippen LogP) is 8.64. The molecule has 0 unspecified atom stereocenters. The predicted molar refractivity (Wildman–Crippen MR) is 157 cm³/mol. The molecule has 2 aromatic rings. The second kappa shape index (κ2) is 19.4. The molecule has 0 aliphatic rings. The summed E-state index contributed by atoms with van der Waals surface area (Å²) in [6.07, 6.45) is 16.7. The van der Waals surface area contributed by atoms with E-state index >= 15 is 0 Å². The molecule has 0 atom stereocenters. The van der Waals surface area contributed by atoms with Crippen molar-refractivity contribution in [3.05, 3.63) is 65.7 Å². The van der Waals surface area contributed by atoms with E-state index in [1.165, 1.54) is 125 Å². The topological polar surface area (TPSA) is 57.2 Å². The molecule has 37 heavy (non-hydrogen) atoms. The van der Waals surface area contributed by atoms with E-state index in [-0.39, 0.29) is 4.90 Å². The molecule has 0 bridgehead atoms. The Labute approximate surface area is 228 Å². The van der Waals surface area contributed by atoms with Crippen LogP contribution in [0.2, 0.25) is 0 Å². The van der Waals surface area contributed by atoms with Gasteiger partial charge in [-0.15, -0.1) is 0 Å². The molecule has 0 fully saturated rings. The normalized spacial score (nSPS) is 11.7. The van der Waals surface area contributed by atoms with Crippen LogP contribution in [0.25, 0.3) is 0 Å². The highest BCUT2D eigenvalue weighted by atomic mass is 32.2. The quantitative estimate of drug-likeness (QED) is 0.110. The minimum atomic E-state index is -4.28. The zero-order valence-electron chi connectivity index (χ0n) is 24.1. The smallest absolute Gasteiger partial charge is 0.124 e. The van der Waals surface area contributed by atoms with Crippen LogP contribution in [0.4, 0.5) is 0 Å². The number of nitrogens with zero attached hydrogens (tertiary/aromatic N) is 1. The van der Waals surface area contributed by atoms with E-state index < -0.39 is 10.1 Å². The molecule has 0 radical (unpaired) electrons. The van der Waals surface area contributed by atoms with E-state index in [1.54, 1.807) is 19.1 Å². The minimum Gasteiger partial charge on any atom is -0.744 e. The van der Waals surface area contributed by atoms with Crippen LogP contribution in [-0.4, -0.2) is 37.1 Å². The summed E-state index contributed by atoms with van der Waals surface area (Å²) in [6, 6.07) is 17.4. The first-order chi connectivity index (χ1) is 17.8. The van der Waals surface area contributed by atoms with Crippen molar-refractivity contribution < 1.29 is 17.5 Å². The molecule has 0 amide bonds. The van der Waals surface area contributed by atoms with Crippen LogP contribution in [-0.2, 0) is 16.7 Å². The van der Waals surface area contributed by atoms with Crippen molar-refractivity contribution >= 4 is 10.1 Å². The average Bonchev–Trinajstić information content (AvgIpc) is 2.88. The molecule has 0 aromatic heterocycles. The third-order valence-electron chi connectivity index (χ3n) is 7.18. The fourth-order valence-corrected chi connectivity index (χ4v) is 5.71. The second-order valence-electron chi connectivity index (χ2n) is 10.6. The first-order valence-corrected chi connectivity index (χ1v) is 16.1. The molecule has 0 spiro atoms. The summed E-state index contributed by atoms with van der Waals surface area (Å²) in [5.74, 6) is 0. The first-order valence-electron chi connectivity index (χ1n) is 14.7. The van der Waals surface area contributed by atoms with Gasteiger partial charge in [0.15, 0.2) is 0 Å². The van der Waals surface area contributed by atoms with E-state index in [1.807, 2.05) is 0 Å². The number of unbranched alkanes of at least 4 members (excludes halogenated alkanes) is 9. The van der Waals surface area contributed by atoms with Gasteiger partial charge >= 0.3 is 0 Å². The van der Waals surface area contributed by atoms with Crippen LogP contribution in [0, 0.1) is 6.92 Å². The maximum absolute atomic E-state index is 10.5. The average molecular weight is 532 g/mol. The maximum atomic E-state index is 10.5. The molecule has 0 N–H and O–H groups in total. The van der Waals surface area contributed by atoms with Gasteiger partial charge in [-0.05, 0) is 57.1 Å². The number of rotatable bonds is 18.